The van der Waals surface area contributed by atoms with Gasteiger partial charge in [-0.25, -0.2) is 4.79 Å². The van der Waals surface area contributed by atoms with Gasteiger partial charge in [0.1, 0.15) is 11.5 Å². The number of benzene rings is 1. The average Bonchev–Trinajstić information content (AvgIpc) is 2.85. The Bertz CT molecular complexity index is 716. The second kappa shape index (κ2) is 6.87. The van der Waals surface area contributed by atoms with Crippen molar-refractivity contribution < 1.29 is 18.7 Å². The second-order valence-electron chi connectivity index (χ2n) is 4.13. The van der Waals surface area contributed by atoms with Crippen molar-refractivity contribution in [2.75, 3.05) is 0 Å². The van der Waals surface area contributed by atoms with Crippen molar-refractivity contribution in [2.45, 2.75) is 6.92 Å². The van der Waals surface area contributed by atoms with E-state index in [4.69, 9.17) is 9.15 Å². The van der Waals surface area contributed by atoms with E-state index in [0.717, 1.165) is 5.76 Å². The molecule has 0 atom stereocenters. The van der Waals surface area contributed by atoms with Gasteiger partial charge >= 0.3 is 5.97 Å². The van der Waals surface area contributed by atoms with Gasteiger partial charge in [0, 0.05) is 10.5 Å². The van der Waals surface area contributed by atoms with E-state index >= 15 is 0 Å². The van der Waals surface area contributed by atoms with Crippen LogP contribution in [0.25, 0.3) is 6.08 Å². The molecule has 0 saturated heterocycles. The highest BCUT2D eigenvalue weighted by Gasteiger charge is 2.12. The Morgan fingerprint density at radius 2 is 2.05 bits per heavy atom. The van der Waals surface area contributed by atoms with Crippen molar-refractivity contribution in [3.8, 4) is 5.75 Å². The third-order valence-electron chi connectivity index (χ3n) is 2.51. The van der Waals surface area contributed by atoms with Gasteiger partial charge in [0.05, 0.1) is 10.0 Å². The Balaban J connectivity index is 2.16. The van der Waals surface area contributed by atoms with Crippen LogP contribution in [-0.4, -0.2) is 12.3 Å². The maximum atomic E-state index is 11.8. The number of esters is 1. The van der Waals surface area contributed by atoms with Crippen molar-refractivity contribution in [3.05, 3.63) is 56.4 Å². The van der Waals surface area contributed by atoms with Crippen LogP contribution >= 0.6 is 31.9 Å². The van der Waals surface area contributed by atoms with E-state index in [1.165, 1.54) is 12.2 Å². The van der Waals surface area contributed by atoms with Crippen molar-refractivity contribution in [2.24, 2.45) is 0 Å². The quantitative estimate of drug-likeness (QED) is 0.319. The van der Waals surface area contributed by atoms with E-state index in [-0.39, 0.29) is 11.3 Å². The zero-order valence-corrected chi connectivity index (χ0v) is 14.1. The number of carbonyl (C=O) groups is 2. The van der Waals surface area contributed by atoms with Crippen molar-refractivity contribution in [3.63, 3.8) is 0 Å². The third kappa shape index (κ3) is 4.15. The Hall–Kier alpha value is -1.66. The number of carbonyl (C=O) groups excluding carboxylic acids is 2. The van der Waals surface area contributed by atoms with Crippen LogP contribution in [0.1, 0.15) is 21.9 Å². The first-order chi connectivity index (χ1) is 9.99. The van der Waals surface area contributed by atoms with Crippen LogP contribution in [0.2, 0.25) is 0 Å². The van der Waals surface area contributed by atoms with Gasteiger partial charge in [-0.3, -0.25) is 4.79 Å². The highest BCUT2D eigenvalue weighted by atomic mass is 79.9. The normalized spacial score (nSPS) is 10.8. The lowest BCUT2D eigenvalue weighted by Crippen LogP contribution is -2.06. The molecule has 1 heterocycles. The standard InChI is InChI=1S/C15H10Br2O4/c1-9-2-3-12(20-9)4-5-14(19)21-15-10(8-18)6-11(16)7-13(15)17/h2-8H,1H3. The van der Waals surface area contributed by atoms with Gasteiger partial charge in [-0.2, -0.15) is 0 Å². The average molecular weight is 414 g/mol. The van der Waals surface area contributed by atoms with Gasteiger partial charge in [-0.15, -0.1) is 0 Å². The van der Waals surface area contributed by atoms with Gasteiger partial charge < -0.3 is 9.15 Å². The first-order valence-corrected chi connectivity index (χ1v) is 7.49. The molecule has 1 aromatic heterocycles. The fourth-order valence-corrected chi connectivity index (χ4v) is 2.94. The molecule has 6 heteroatoms. The summed E-state index contributed by atoms with van der Waals surface area (Å²) in [7, 11) is 0. The maximum Gasteiger partial charge on any atom is 0.336 e. The molecule has 0 N–H and O–H groups in total. The fraction of sp³-hybridized carbons (Fsp3) is 0.0667. The van der Waals surface area contributed by atoms with Crippen LogP contribution < -0.4 is 4.74 Å². The van der Waals surface area contributed by atoms with Crippen LogP contribution in [-0.2, 0) is 4.79 Å². The number of ether oxygens (including phenoxy) is 1. The van der Waals surface area contributed by atoms with Gasteiger partial charge in [0.25, 0.3) is 0 Å². The Morgan fingerprint density at radius 1 is 1.29 bits per heavy atom. The van der Waals surface area contributed by atoms with Gasteiger partial charge in [0.2, 0.25) is 0 Å². The Labute approximate surface area is 138 Å². The highest BCUT2D eigenvalue weighted by Crippen LogP contribution is 2.32. The molecule has 0 radical (unpaired) electrons. The molecule has 4 nitrogen and oxygen atoms in total. The molecule has 2 rings (SSSR count). The fourth-order valence-electron chi connectivity index (χ4n) is 1.60. The van der Waals surface area contributed by atoms with Gasteiger partial charge in [-0.1, -0.05) is 15.9 Å². The molecule has 21 heavy (non-hydrogen) atoms. The van der Waals surface area contributed by atoms with E-state index in [1.807, 2.05) is 6.92 Å². The topological polar surface area (TPSA) is 56.5 Å². The minimum Gasteiger partial charge on any atom is -0.462 e. The number of hydrogen-bond donors (Lipinski definition) is 0. The summed E-state index contributed by atoms with van der Waals surface area (Å²) in [5.74, 6) is 0.880. The minimum absolute atomic E-state index is 0.179. The predicted molar refractivity (Wildman–Crippen MR) is 85.3 cm³/mol. The number of aryl methyl sites for hydroxylation is 1. The molecular formula is C15H10Br2O4. The largest absolute Gasteiger partial charge is 0.462 e. The lowest BCUT2D eigenvalue weighted by molar-refractivity contribution is -0.128. The van der Waals surface area contributed by atoms with Crippen LogP contribution in [0.3, 0.4) is 0 Å². The number of rotatable bonds is 4. The molecule has 0 aliphatic heterocycles. The van der Waals surface area contributed by atoms with E-state index in [2.05, 4.69) is 31.9 Å². The van der Waals surface area contributed by atoms with Crippen molar-refractivity contribution >= 4 is 50.2 Å². The maximum absolute atomic E-state index is 11.8. The van der Waals surface area contributed by atoms with E-state index in [1.54, 1.807) is 24.3 Å². The van der Waals surface area contributed by atoms with Crippen LogP contribution in [0.4, 0.5) is 0 Å². The van der Waals surface area contributed by atoms with E-state index < -0.39 is 5.97 Å². The first-order valence-electron chi connectivity index (χ1n) is 5.90. The highest BCUT2D eigenvalue weighted by molar-refractivity contribution is 9.11. The molecule has 0 fully saturated rings. The molecule has 2 aromatic rings. The lowest BCUT2D eigenvalue weighted by Gasteiger charge is -2.07. The summed E-state index contributed by atoms with van der Waals surface area (Å²) >= 11 is 6.52. The summed E-state index contributed by atoms with van der Waals surface area (Å²) < 4.78 is 11.7. The second-order valence-corrected chi connectivity index (χ2v) is 5.90. The molecule has 0 spiro atoms. The number of hydrogen-bond acceptors (Lipinski definition) is 4. The van der Waals surface area contributed by atoms with E-state index in [9.17, 15) is 9.59 Å². The molecule has 108 valence electrons. The minimum atomic E-state index is -0.602. The Morgan fingerprint density at radius 3 is 2.67 bits per heavy atom. The van der Waals surface area contributed by atoms with E-state index in [0.29, 0.717) is 21.0 Å². The number of aldehydes is 1. The van der Waals surface area contributed by atoms with Crippen LogP contribution in [0, 0.1) is 6.92 Å². The zero-order chi connectivity index (χ0) is 15.4. The summed E-state index contributed by atoms with van der Waals surface area (Å²) in [6.07, 6.45) is 3.36. The third-order valence-corrected chi connectivity index (χ3v) is 3.56. The first kappa shape index (κ1) is 15.7. The molecule has 0 unspecified atom stereocenters. The monoisotopic (exact) mass is 412 g/mol. The molecule has 1 aromatic carbocycles. The molecule has 0 saturated carbocycles. The molecular weight excluding hydrogens is 404 g/mol. The van der Waals surface area contributed by atoms with Crippen molar-refractivity contribution in [1.29, 1.82) is 0 Å². The molecule has 0 bridgehead atoms. The predicted octanol–water partition coefficient (Wildman–Crippen LogP) is 4.54. The van der Waals surface area contributed by atoms with Gasteiger partial charge in [0.15, 0.2) is 12.0 Å². The van der Waals surface area contributed by atoms with Crippen LogP contribution in [0.15, 0.2) is 43.7 Å². The number of furan rings is 1. The van der Waals surface area contributed by atoms with Crippen molar-refractivity contribution in [1.82, 2.24) is 0 Å². The summed E-state index contributed by atoms with van der Waals surface area (Å²) in [5, 5.41) is 0. The van der Waals surface area contributed by atoms with Gasteiger partial charge in [-0.05, 0) is 53.2 Å². The summed E-state index contributed by atoms with van der Waals surface area (Å²) in [4.78, 5) is 22.8. The summed E-state index contributed by atoms with van der Waals surface area (Å²) in [6.45, 7) is 1.81. The Kier molecular flexibility index (Phi) is 5.14. The molecule has 0 amide bonds. The molecule has 0 aliphatic rings. The smallest absolute Gasteiger partial charge is 0.336 e. The summed E-state index contributed by atoms with van der Waals surface area (Å²) in [5.41, 5.74) is 0.270. The number of halogens is 2. The zero-order valence-electron chi connectivity index (χ0n) is 10.9. The van der Waals surface area contributed by atoms with Crippen LogP contribution in [0.5, 0.6) is 5.75 Å². The lowest BCUT2D eigenvalue weighted by atomic mass is 10.2. The SMILES string of the molecule is Cc1ccc(C=CC(=O)Oc2c(Br)cc(Br)cc2C=O)o1. The summed E-state index contributed by atoms with van der Waals surface area (Å²) in [6, 6.07) is 6.79. The molecule has 0 aliphatic carbocycles.